The van der Waals surface area contributed by atoms with E-state index in [1.807, 2.05) is 43.3 Å². The minimum absolute atomic E-state index is 0.160. The van der Waals surface area contributed by atoms with Gasteiger partial charge in [0.2, 0.25) is 0 Å². The van der Waals surface area contributed by atoms with Crippen LogP contribution in [0.5, 0.6) is 11.5 Å². The van der Waals surface area contributed by atoms with E-state index in [1.54, 1.807) is 32.6 Å². The van der Waals surface area contributed by atoms with Crippen LogP contribution in [0.15, 0.2) is 58.5 Å². The first-order chi connectivity index (χ1) is 11.6. The molecule has 0 aliphatic heterocycles. The number of hydrogen-bond donors (Lipinski definition) is 1. The Morgan fingerprint density at radius 1 is 1.17 bits per heavy atom. The number of nitrogens with one attached hydrogen (secondary N) is 1. The molecule has 0 spiro atoms. The molecule has 0 aliphatic carbocycles. The summed E-state index contributed by atoms with van der Waals surface area (Å²) in [6, 6.07) is 15.2. The molecule has 2 rings (SSSR count). The van der Waals surface area contributed by atoms with Crippen molar-refractivity contribution in [2.24, 2.45) is 5.10 Å². The van der Waals surface area contributed by atoms with Gasteiger partial charge >= 0.3 is 0 Å². The van der Waals surface area contributed by atoms with Crippen LogP contribution in [0.1, 0.15) is 12.5 Å². The summed E-state index contributed by atoms with van der Waals surface area (Å²) in [6.07, 6.45) is 1.55. The van der Waals surface area contributed by atoms with Crippen LogP contribution < -0.4 is 14.9 Å². The van der Waals surface area contributed by atoms with Crippen molar-refractivity contribution in [1.82, 2.24) is 5.43 Å². The molecule has 0 fully saturated rings. The van der Waals surface area contributed by atoms with E-state index in [9.17, 15) is 4.79 Å². The highest BCUT2D eigenvalue weighted by Crippen LogP contribution is 2.24. The van der Waals surface area contributed by atoms with Gasteiger partial charge in [0.1, 0.15) is 11.5 Å². The third-order valence-electron chi connectivity index (χ3n) is 3.24. The van der Waals surface area contributed by atoms with Gasteiger partial charge in [-0.3, -0.25) is 4.79 Å². The minimum atomic E-state index is -0.248. The Labute approximate surface area is 146 Å². The zero-order valence-electron chi connectivity index (χ0n) is 13.9. The zero-order chi connectivity index (χ0) is 17.4. The number of thioether (sulfide) groups is 1. The maximum Gasteiger partial charge on any atom is 0.253 e. The quantitative estimate of drug-likeness (QED) is 0.475. The molecule has 0 heterocycles. The lowest BCUT2D eigenvalue weighted by Crippen LogP contribution is -2.26. The monoisotopic (exact) mass is 344 g/mol. The van der Waals surface area contributed by atoms with Crippen molar-refractivity contribution in [3.63, 3.8) is 0 Å². The Kier molecular flexibility index (Phi) is 6.69. The Balaban J connectivity index is 1.94. The number of hydrogen-bond acceptors (Lipinski definition) is 5. The number of hydrazone groups is 1. The number of nitrogens with zero attached hydrogens (tertiary/aromatic N) is 1. The first kappa shape index (κ1) is 17.9. The van der Waals surface area contributed by atoms with E-state index in [0.29, 0.717) is 11.5 Å². The highest BCUT2D eigenvalue weighted by Gasteiger charge is 2.13. The highest BCUT2D eigenvalue weighted by atomic mass is 32.2. The molecule has 2 aromatic rings. The number of methoxy groups -OCH3 is 2. The molecule has 2 aromatic carbocycles. The fourth-order valence-electron chi connectivity index (χ4n) is 1.94. The van der Waals surface area contributed by atoms with Crippen LogP contribution in [0.3, 0.4) is 0 Å². The van der Waals surface area contributed by atoms with Gasteiger partial charge in [-0.25, -0.2) is 5.43 Å². The second kappa shape index (κ2) is 8.98. The fraction of sp³-hybridized carbons (Fsp3) is 0.222. The van der Waals surface area contributed by atoms with Gasteiger partial charge in [-0.15, -0.1) is 11.8 Å². The van der Waals surface area contributed by atoms with Gasteiger partial charge < -0.3 is 9.47 Å². The molecular formula is C18H20N2O3S. The number of carbonyl (C=O) groups excluding carboxylic acids is 1. The predicted octanol–water partition coefficient (Wildman–Crippen LogP) is 3.33. The Bertz CT molecular complexity index is 705. The number of amides is 1. The van der Waals surface area contributed by atoms with Gasteiger partial charge in [0.15, 0.2) is 0 Å². The fourth-order valence-corrected chi connectivity index (χ4v) is 2.82. The Hall–Kier alpha value is -2.47. The van der Waals surface area contributed by atoms with E-state index in [1.165, 1.54) is 11.8 Å². The van der Waals surface area contributed by atoms with Crippen LogP contribution in [0.4, 0.5) is 0 Å². The van der Waals surface area contributed by atoms with E-state index >= 15 is 0 Å². The number of ether oxygens (including phenoxy) is 2. The molecule has 0 aromatic heterocycles. The van der Waals surface area contributed by atoms with Gasteiger partial charge in [0.05, 0.1) is 25.7 Å². The Morgan fingerprint density at radius 3 is 2.58 bits per heavy atom. The molecule has 0 saturated heterocycles. The standard InChI is InChI=1S/C18H20N2O3S/c1-13(24-16-7-5-4-6-8-16)18(21)20-19-12-14-9-10-15(22-2)11-17(14)23-3/h4-13H,1-3H3,(H,20,21)/b19-12-/t13-/m0/s1. The lowest BCUT2D eigenvalue weighted by atomic mass is 10.2. The van der Waals surface area contributed by atoms with E-state index in [4.69, 9.17) is 9.47 Å². The van der Waals surface area contributed by atoms with E-state index in [-0.39, 0.29) is 11.2 Å². The maximum atomic E-state index is 12.1. The largest absolute Gasteiger partial charge is 0.497 e. The third kappa shape index (κ3) is 5.03. The van der Waals surface area contributed by atoms with Gasteiger partial charge in [-0.1, -0.05) is 18.2 Å². The lowest BCUT2D eigenvalue weighted by Gasteiger charge is -2.09. The van der Waals surface area contributed by atoms with Crippen molar-refractivity contribution >= 4 is 23.9 Å². The molecule has 24 heavy (non-hydrogen) atoms. The summed E-state index contributed by atoms with van der Waals surface area (Å²) in [6.45, 7) is 1.84. The molecule has 126 valence electrons. The summed E-state index contributed by atoms with van der Waals surface area (Å²) in [5.41, 5.74) is 3.31. The second-order valence-corrected chi connectivity index (χ2v) is 6.33. The van der Waals surface area contributed by atoms with Gasteiger partial charge in [-0.05, 0) is 31.2 Å². The van der Waals surface area contributed by atoms with Crippen LogP contribution in [0.25, 0.3) is 0 Å². The molecule has 6 heteroatoms. The third-order valence-corrected chi connectivity index (χ3v) is 4.36. The first-order valence-corrected chi connectivity index (χ1v) is 8.28. The average Bonchev–Trinajstić information content (AvgIpc) is 2.62. The number of rotatable bonds is 7. The summed E-state index contributed by atoms with van der Waals surface area (Å²) in [4.78, 5) is 13.1. The summed E-state index contributed by atoms with van der Waals surface area (Å²) in [5, 5.41) is 3.76. The van der Waals surface area contributed by atoms with Crippen LogP contribution in [-0.4, -0.2) is 31.6 Å². The van der Waals surface area contributed by atoms with E-state index in [2.05, 4.69) is 10.5 Å². The summed E-state index contributed by atoms with van der Waals surface area (Å²) < 4.78 is 10.4. The summed E-state index contributed by atoms with van der Waals surface area (Å²) in [5.74, 6) is 1.16. The molecule has 0 bridgehead atoms. The topological polar surface area (TPSA) is 59.9 Å². The maximum absolute atomic E-state index is 12.1. The lowest BCUT2D eigenvalue weighted by molar-refractivity contribution is -0.120. The van der Waals surface area contributed by atoms with Gasteiger partial charge in [0, 0.05) is 16.5 Å². The van der Waals surface area contributed by atoms with Gasteiger partial charge in [-0.2, -0.15) is 5.10 Å². The van der Waals surface area contributed by atoms with Gasteiger partial charge in [0.25, 0.3) is 5.91 Å². The molecule has 0 unspecified atom stereocenters. The molecule has 5 nitrogen and oxygen atoms in total. The van der Waals surface area contributed by atoms with Crippen molar-refractivity contribution in [3.05, 3.63) is 54.1 Å². The zero-order valence-corrected chi connectivity index (χ0v) is 14.7. The molecular weight excluding hydrogens is 324 g/mol. The Morgan fingerprint density at radius 2 is 1.92 bits per heavy atom. The summed E-state index contributed by atoms with van der Waals surface area (Å²) in [7, 11) is 3.16. The van der Waals surface area contributed by atoms with Crippen LogP contribution in [0.2, 0.25) is 0 Å². The average molecular weight is 344 g/mol. The van der Waals surface area contributed by atoms with E-state index in [0.717, 1.165) is 10.5 Å². The molecule has 0 saturated carbocycles. The molecule has 1 N–H and O–H groups in total. The van der Waals surface area contributed by atoms with Crippen molar-refractivity contribution < 1.29 is 14.3 Å². The predicted molar refractivity (Wildman–Crippen MR) is 97.0 cm³/mol. The SMILES string of the molecule is COc1ccc(/C=N\NC(=O)[C@H](C)Sc2ccccc2)c(OC)c1. The molecule has 1 atom stereocenters. The van der Waals surface area contributed by atoms with Crippen molar-refractivity contribution in [3.8, 4) is 11.5 Å². The summed E-state index contributed by atoms with van der Waals surface area (Å²) >= 11 is 1.48. The highest BCUT2D eigenvalue weighted by molar-refractivity contribution is 8.00. The molecule has 0 aliphatic rings. The second-order valence-electron chi connectivity index (χ2n) is 4.92. The minimum Gasteiger partial charge on any atom is -0.497 e. The number of benzene rings is 2. The normalized spacial score (nSPS) is 12.0. The van der Waals surface area contributed by atoms with Crippen molar-refractivity contribution in [2.75, 3.05) is 14.2 Å². The smallest absolute Gasteiger partial charge is 0.253 e. The first-order valence-electron chi connectivity index (χ1n) is 7.40. The van der Waals surface area contributed by atoms with E-state index < -0.39 is 0 Å². The molecule has 0 radical (unpaired) electrons. The molecule has 1 amide bonds. The van der Waals surface area contributed by atoms with Crippen molar-refractivity contribution in [1.29, 1.82) is 0 Å². The van der Waals surface area contributed by atoms with Crippen LogP contribution >= 0.6 is 11.8 Å². The van der Waals surface area contributed by atoms with Crippen LogP contribution in [0, 0.1) is 0 Å². The number of carbonyl (C=O) groups is 1. The van der Waals surface area contributed by atoms with Crippen molar-refractivity contribution in [2.45, 2.75) is 17.1 Å². The van der Waals surface area contributed by atoms with Crippen LogP contribution in [-0.2, 0) is 4.79 Å².